The molecule has 2 amide bonds. The lowest BCUT2D eigenvalue weighted by Crippen LogP contribution is -2.52. The number of aliphatic hydroxyl groups is 1. The van der Waals surface area contributed by atoms with E-state index in [0.29, 0.717) is 29.8 Å². The summed E-state index contributed by atoms with van der Waals surface area (Å²) in [6, 6.07) is 10.8. The highest BCUT2D eigenvalue weighted by Crippen LogP contribution is 2.53. The number of anilines is 1. The number of hydrogen-bond donors (Lipinski definition) is 1. The number of likely N-dealkylation sites (tertiary alicyclic amines) is 1. The number of benzene rings is 2. The van der Waals surface area contributed by atoms with Crippen molar-refractivity contribution in [3.8, 4) is 0 Å². The van der Waals surface area contributed by atoms with Gasteiger partial charge in [-0.1, -0.05) is 36.4 Å². The molecule has 34 heavy (non-hydrogen) atoms. The molecule has 1 fully saturated rings. The summed E-state index contributed by atoms with van der Waals surface area (Å²) in [6.07, 6.45) is 1.90. The van der Waals surface area contributed by atoms with Gasteiger partial charge in [-0.25, -0.2) is 4.39 Å². The van der Waals surface area contributed by atoms with Crippen molar-refractivity contribution in [2.24, 2.45) is 0 Å². The number of ether oxygens (including phenoxy) is 1. The second-order valence-corrected chi connectivity index (χ2v) is 8.25. The standard InChI is InChI=1S/C26H25FN2O5/c1-4-12-28-20-9-6-5-8-18(20)26(25(28)33)21(22(30)17-11-10-16(2)19(27)15-17)23(31)24(32)29(26)13-7-14-34-3/h4-6,8-11,15,30H,1,7,12-14H2,2-3H3/t26-/m0/s1. The number of amides is 2. The van der Waals surface area contributed by atoms with E-state index in [1.165, 1.54) is 29.0 Å². The number of methoxy groups -OCH3 is 1. The second kappa shape index (κ2) is 8.87. The van der Waals surface area contributed by atoms with Gasteiger partial charge >= 0.3 is 0 Å². The number of halogens is 1. The summed E-state index contributed by atoms with van der Waals surface area (Å²) < 4.78 is 19.4. The molecule has 1 N–H and O–H groups in total. The van der Waals surface area contributed by atoms with Gasteiger partial charge in [-0.2, -0.15) is 0 Å². The van der Waals surface area contributed by atoms with Gasteiger partial charge in [0.1, 0.15) is 11.6 Å². The van der Waals surface area contributed by atoms with Crippen LogP contribution in [0.3, 0.4) is 0 Å². The van der Waals surface area contributed by atoms with Crippen molar-refractivity contribution in [3.63, 3.8) is 0 Å². The minimum absolute atomic E-state index is 0.00446. The number of aliphatic hydroxyl groups excluding tert-OH is 1. The molecule has 1 atom stereocenters. The molecular formula is C26H25FN2O5. The van der Waals surface area contributed by atoms with Gasteiger partial charge < -0.3 is 19.6 Å². The van der Waals surface area contributed by atoms with Crippen LogP contribution in [0.2, 0.25) is 0 Å². The Kier molecular flexibility index (Phi) is 6.10. The summed E-state index contributed by atoms with van der Waals surface area (Å²) in [7, 11) is 1.51. The van der Waals surface area contributed by atoms with Crippen LogP contribution in [0, 0.1) is 12.7 Å². The number of carbonyl (C=O) groups excluding carboxylic acids is 3. The predicted molar refractivity (Wildman–Crippen MR) is 125 cm³/mol. The lowest BCUT2D eigenvalue weighted by Gasteiger charge is -2.34. The summed E-state index contributed by atoms with van der Waals surface area (Å²) in [5.41, 5.74) is -0.996. The Morgan fingerprint density at radius 3 is 2.62 bits per heavy atom. The fourth-order valence-corrected chi connectivity index (χ4v) is 4.73. The van der Waals surface area contributed by atoms with Crippen molar-refractivity contribution in [1.29, 1.82) is 0 Å². The summed E-state index contributed by atoms with van der Waals surface area (Å²) in [5.74, 6) is -3.65. The van der Waals surface area contributed by atoms with Gasteiger partial charge in [-0.05, 0) is 31.0 Å². The van der Waals surface area contributed by atoms with Crippen molar-refractivity contribution in [1.82, 2.24) is 4.90 Å². The van der Waals surface area contributed by atoms with Gasteiger partial charge in [0.15, 0.2) is 5.54 Å². The van der Waals surface area contributed by atoms with E-state index in [4.69, 9.17) is 4.74 Å². The van der Waals surface area contributed by atoms with Crippen LogP contribution in [-0.4, -0.2) is 54.4 Å². The first kappa shape index (κ1) is 23.4. The molecule has 7 nitrogen and oxygen atoms in total. The van der Waals surface area contributed by atoms with Crippen molar-refractivity contribution in [2.75, 3.05) is 31.7 Å². The van der Waals surface area contributed by atoms with Crippen LogP contribution in [-0.2, 0) is 24.7 Å². The largest absolute Gasteiger partial charge is 0.507 e. The maximum Gasteiger partial charge on any atom is 0.296 e. The summed E-state index contributed by atoms with van der Waals surface area (Å²) in [5, 5.41) is 11.3. The Morgan fingerprint density at radius 2 is 1.94 bits per heavy atom. The number of aryl methyl sites for hydroxylation is 1. The average molecular weight is 464 g/mol. The van der Waals surface area contributed by atoms with Crippen molar-refractivity contribution in [3.05, 3.63) is 83.2 Å². The molecule has 2 aliphatic heterocycles. The molecule has 0 radical (unpaired) electrons. The first-order chi connectivity index (χ1) is 16.3. The van der Waals surface area contributed by atoms with E-state index >= 15 is 0 Å². The molecule has 2 aliphatic rings. The first-order valence-electron chi connectivity index (χ1n) is 10.9. The third-order valence-electron chi connectivity index (χ3n) is 6.30. The molecule has 0 unspecified atom stereocenters. The van der Waals surface area contributed by atoms with E-state index in [1.54, 1.807) is 37.3 Å². The van der Waals surface area contributed by atoms with Crippen LogP contribution >= 0.6 is 0 Å². The van der Waals surface area contributed by atoms with Gasteiger partial charge in [-0.3, -0.25) is 14.4 Å². The molecular weight excluding hydrogens is 439 g/mol. The number of carbonyl (C=O) groups is 3. The number of ketones is 1. The van der Waals surface area contributed by atoms with Crippen LogP contribution in [0.5, 0.6) is 0 Å². The van der Waals surface area contributed by atoms with Gasteiger partial charge in [0, 0.05) is 37.9 Å². The Morgan fingerprint density at radius 1 is 1.21 bits per heavy atom. The molecule has 4 rings (SSSR count). The number of para-hydroxylation sites is 1. The zero-order valence-corrected chi connectivity index (χ0v) is 19.0. The highest BCUT2D eigenvalue weighted by atomic mass is 19.1. The zero-order valence-electron chi connectivity index (χ0n) is 19.0. The third-order valence-corrected chi connectivity index (χ3v) is 6.30. The molecule has 1 saturated heterocycles. The van der Waals surface area contributed by atoms with Crippen LogP contribution in [0.1, 0.15) is 23.1 Å². The topological polar surface area (TPSA) is 87.2 Å². The Hall–Kier alpha value is -3.78. The van der Waals surface area contributed by atoms with Gasteiger partial charge in [0.2, 0.25) is 0 Å². The van der Waals surface area contributed by atoms with Gasteiger partial charge in [0.25, 0.3) is 17.6 Å². The molecule has 1 spiro atoms. The summed E-state index contributed by atoms with van der Waals surface area (Å²) in [4.78, 5) is 43.3. The zero-order chi connectivity index (χ0) is 24.6. The predicted octanol–water partition coefficient (Wildman–Crippen LogP) is 3.28. The van der Waals surface area contributed by atoms with Gasteiger partial charge in [-0.15, -0.1) is 6.58 Å². The summed E-state index contributed by atoms with van der Waals surface area (Å²) >= 11 is 0. The highest BCUT2D eigenvalue weighted by molar-refractivity contribution is 6.50. The van der Waals surface area contributed by atoms with Crippen molar-refractivity contribution < 1.29 is 28.6 Å². The van der Waals surface area contributed by atoms with Crippen molar-refractivity contribution >= 4 is 29.0 Å². The molecule has 176 valence electrons. The number of hydrogen-bond acceptors (Lipinski definition) is 5. The van der Waals surface area contributed by atoms with Gasteiger partial charge in [0.05, 0.1) is 11.3 Å². The van der Waals surface area contributed by atoms with E-state index in [1.807, 2.05) is 0 Å². The van der Waals surface area contributed by atoms with E-state index in [2.05, 4.69) is 6.58 Å². The number of rotatable bonds is 7. The molecule has 2 aromatic rings. The van der Waals surface area contributed by atoms with Crippen molar-refractivity contribution in [2.45, 2.75) is 18.9 Å². The van der Waals surface area contributed by atoms with E-state index in [0.717, 1.165) is 6.07 Å². The Balaban J connectivity index is 2.04. The Bertz CT molecular complexity index is 1240. The molecule has 0 bridgehead atoms. The average Bonchev–Trinajstić information content (AvgIpc) is 3.20. The SMILES string of the molecule is C=CCN1C(=O)[C@@]2(C(=C(O)c3ccc(C)c(F)c3)C(=O)C(=O)N2CCCOC)c2ccccc21. The maximum absolute atomic E-state index is 14.3. The van der Waals surface area contributed by atoms with E-state index < -0.39 is 34.7 Å². The van der Waals surface area contributed by atoms with Crippen LogP contribution in [0.25, 0.3) is 5.76 Å². The second-order valence-electron chi connectivity index (χ2n) is 8.25. The molecule has 0 saturated carbocycles. The highest BCUT2D eigenvalue weighted by Gasteiger charge is 2.66. The van der Waals surface area contributed by atoms with Crippen LogP contribution in [0.15, 0.2) is 60.7 Å². The normalized spacial score (nSPS) is 21.0. The maximum atomic E-state index is 14.3. The lowest BCUT2D eigenvalue weighted by atomic mass is 9.81. The number of fused-ring (bicyclic) bond motifs is 2. The summed E-state index contributed by atoms with van der Waals surface area (Å²) in [6.45, 7) is 5.76. The lowest BCUT2D eigenvalue weighted by molar-refractivity contribution is -0.143. The van der Waals surface area contributed by atoms with Crippen LogP contribution in [0.4, 0.5) is 10.1 Å². The smallest absolute Gasteiger partial charge is 0.296 e. The number of Topliss-reactive ketones (excluding diaryl/α,β-unsaturated/α-hetero) is 1. The molecule has 2 heterocycles. The minimum Gasteiger partial charge on any atom is -0.507 e. The Labute approximate surface area is 196 Å². The van der Waals surface area contributed by atoms with E-state index in [9.17, 15) is 23.9 Å². The monoisotopic (exact) mass is 464 g/mol. The molecule has 8 heteroatoms. The van der Waals surface area contributed by atoms with Crippen LogP contribution < -0.4 is 4.90 Å². The quantitative estimate of drug-likeness (QED) is 0.223. The fraction of sp³-hybridized carbons (Fsp3) is 0.269. The molecule has 0 aliphatic carbocycles. The minimum atomic E-state index is -1.88. The number of nitrogens with zero attached hydrogens (tertiary/aromatic N) is 2. The molecule has 0 aromatic heterocycles. The van der Waals surface area contributed by atoms with E-state index in [-0.39, 0.29) is 24.2 Å². The fourth-order valence-electron chi connectivity index (χ4n) is 4.73. The molecule has 2 aromatic carbocycles. The third kappa shape index (κ3) is 3.25. The first-order valence-corrected chi connectivity index (χ1v) is 10.9.